The van der Waals surface area contributed by atoms with Crippen molar-refractivity contribution in [2.24, 2.45) is 0 Å². The van der Waals surface area contributed by atoms with Crippen LogP contribution in [0.15, 0.2) is 66.1 Å². The Kier molecular flexibility index (Phi) is 5.12. The molecule has 0 radical (unpaired) electrons. The molecule has 0 heterocycles. The van der Waals surface area contributed by atoms with Gasteiger partial charge in [0.25, 0.3) is 0 Å². The van der Waals surface area contributed by atoms with Crippen LogP contribution in [0.4, 0.5) is 0 Å². The molecule has 0 saturated heterocycles. The lowest BCUT2D eigenvalue weighted by Crippen LogP contribution is -2.18. The molecule has 0 aliphatic heterocycles. The fraction of sp³-hybridized carbons (Fsp3) is 0.118. The lowest BCUT2D eigenvalue weighted by molar-refractivity contribution is -0.141. The first kappa shape index (κ1) is 16.0. The maximum absolute atomic E-state index is 12.0. The first-order chi connectivity index (χ1) is 10.5. The predicted molar refractivity (Wildman–Crippen MR) is 84.8 cm³/mol. The Hall–Kier alpha value is -2.40. The molecule has 2 aromatic carbocycles. The second-order valence-electron chi connectivity index (χ2n) is 4.68. The largest absolute Gasteiger partial charge is 0.460 e. The molecule has 0 bridgehead atoms. The van der Waals surface area contributed by atoms with E-state index in [1.54, 1.807) is 36.4 Å². The highest BCUT2D eigenvalue weighted by molar-refractivity contribution is 7.92. The number of hydrogen-bond acceptors (Lipinski definition) is 4. The van der Waals surface area contributed by atoms with Crippen LogP contribution in [0.25, 0.3) is 6.08 Å². The average molecular weight is 316 g/mol. The van der Waals surface area contributed by atoms with Gasteiger partial charge in [0.05, 0.1) is 4.90 Å². The van der Waals surface area contributed by atoms with E-state index in [1.165, 1.54) is 12.1 Å². The molecule has 22 heavy (non-hydrogen) atoms. The van der Waals surface area contributed by atoms with Gasteiger partial charge in [0.1, 0.15) is 6.61 Å². The zero-order valence-electron chi connectivity index (χ0n) is 11.9. The summed E-state index contributed by atoms with van der Waals surface area (Å²) >= 11 is 0. The Morgan fingerprint density at radius 1 is 1.05 bits per heavy atom. The first-order valence-corrected chi connectivity index (χ1v) is 8.31. The molecule has 0 atom stereocenters. The number of esters is 1. The Bertz CT molecular complexity index is 747. The van der Waals surface area contributed by atoms with Gasteiger partial charge in [-0.3, -0.25) is 4.79 Å². The molecule has 0 unspecified atom stereocenters. The summed E-state index contributed by atoms with van der Waals surface area (Å²) in [6.07, 6.45) is 1.71. The van der Waals surface area contributed by atoms with Crippen LogP contribution >= 0.6 is 0 Å². The number of ether oxygens (including phenoxy) is 1. The molecule has 0 spiro atoms. The summed E-state index contributed by atoms with van der Waals surface area (Å²) in [5.74, 6) is -1.43. The Morgan fingerprint density at radius 2 is 1.68 bits per heavy atom. The first-order valence-electron chi connectivity index (χ1n) is 6.66. The topological polar surface area (TPSA) is 60.4 Å². The van der Waals surface area contributed by atoms with Crippen molar-refractivity contribution in [3.63, 3.8) is 0 Å². The van der Waals surface area contributed by atoms with E-state index < -0.39 is 21.6 Å². The second kappa shape index (κ2) is 7.04. The molecule has 114 valence electrons. The SMILES string of the molecule is C=Cc1ccc(COC(=O)CS(=O)(=O)c2ccccc2)cc1. The molecular formula is C17H16O4S. The van der Waals surface area contributed by atoms with Crippen molar-refractivity contribution in [2.75, 3.05) is 5.75 Å². The summed E-state index contributed by atoms with van der Waals surface area (Å²) in [4.78, 5) is 11.8. The van der Waals surface area contributed by atoms with Gasteiger partial charge in [0, 0.05) is 0 Å². The van der Waals surface area contributed by atoms with Crippen molar-refractivity contribution in [3.05, 3.63) is 72.3 Å². The molecular weight excluding hydrogens is 300 g/mol. The molecule has 4 nitrogen and oxygen atoms in total. The summed E-state index contributed by atoms with van der Waals surface area (Å²) in [6.45, 7) is 3.69. The molecule has 0 fully saturated rings. The van der Waals surface area contributed by atoms with Crippen molar-refractivity contribution >= 4 is 21.9 Å². The second-order valence-corrected chi connectivity index (χ2v) is 6.67. The van der Waals surface area contributed by atoms with Crippen molar-refractivity contribution in [1.29, 1.82) is 0 Å². The molecule has 0 amide bonds. The lowest BCUT2D eigenvalue weighted by atomic mass is 10.1. The van der Waals surface area contributed by atoms with Gasteiger partial charge in [-0.25, -0.2) is 8.42 Å². The number of carbonyl (C=O) groups excluding carboxylic acids is 1. The van der Waals surface area contributed by atoms with Crippen molar-refractivity contribution < 1.29 is 17.9 Å². The van der Waals surface area contributed by atoms with E-state index in [1.807, 2.05) is 12.1 Å². The predicted octanol–water partition coefficient (Wildman–Crippen LogP) is 2.85. The lowest BCUT2D eigenvalue weighted by Gasteiger charge is -2.06. The van der Waals surface area contributed by atoms with E-state index in [0.29, 0.717) is 0 Å². The number of hydrogen-bond donors (Lipinski definition) is 0. The zero-order chi connectivity index (χ0) is 16.0. The molecule has 2 rings (SSSR count). The number of carbonyl (C=O) groups is 1. The Balaban J connectivity index is 1.94. The van der Waals surface area contributed by atoms with Crippen molar-refractivity contribution in [3.8, 4) is 0 Å². The summed E-state index contributed by atoms with van der Waals surface area (Å²) in [5.41, 5.74) is 1.75. The van der Waals surface area contributed by atoms with Crippen LogP contribution in [0.5, 0.6) is 0 Å². The average Bonchev–Trinajstić information content (AvgIpc) is 2.54. The molecule has 0 N–H and O–H groups in total. The van der Waals surface area contributed by atoms with E-state index in [2.05, 4.69) is 6.58 Å². The van der Waals surface area contributed by atoms with Crippen LogP contribution in [0.3, 0.4) is 0 Å². The number of rotatable bonds is 6. The number of benzene rings is 2. The van der Waals surface area contributed by atoms with Crippen LogP contribution in [0.2, 0.25) is 0 Å². The van der Waals surface area contributed by atoms with E-state index >= 15 is 0 Å². The highest BCUT2D eigenvalue weighted by atomic mass is 32.2. The standard InChI is InChI=1S/C17H16O4S/c1-2-14-8-10-15(11-9-14)12-21-17(18)13-22(19,20)16-6-4-3-5-7-16/h2-11H,1,12-13H2. The smallest absolute Gasteiger partial charge is 0.321 e. The van der Waals surface area contributed by atoms with Crippen LogP contribution < -0.4 is 0 Å². The summed E-state index contributed by atoms with van der Waals surface area (Å²) < 4.78 is 29.1. The normalized spacial score (nSPS) is 10.9. The van der Waals surface area contributed by atoms with Gasteiger partial charge >= 0.3 is 5.97 Å². The van der Waals surface area contributed by atoms with Gasteiger partial charge in [-0.05, 0) is 23.3 Å². The van der Waals surface area contributed by atoms with Gasteiger partial charge in [0.15, 0.2) is 15.6 Å². The van der Waals surface area contributed by atoms with Gasteiger partial charge < -0.3 is 4.74 Å². The fourth-order valence-electron chi connectivity index (χ4n) is 1.82. The minimum absolute atomic E-state index is 0.0422. The van der Waals surface area contributed by atoms with Gasteiger partial charge in [-0.2, -0.15) is 0 Å². The van der Waals surface area contributed by atoms with Crippen LogP contribution in [-0.2, 0) is 26.0 Å². The van der Waals surface area contributed by atoms with Crippen molar-refractivity contribution in [1.82, 2.24) is 0 Å². The minimum Gasteiger partial charge on any atom is -0.460 e. The van der Waals surface area contributed by atoms with E-state index in [9.17, 15) is 13.2 Å². The quantitative estimate of drug-likeness (QED) is 0.769. The Morgan fingerprint density at radius 3 is 2.27 bits per heavy atom. The third-order valence-corrected chi connectivity index (χ3v) is 4.63. The molecule has 0 aliphatic rings. The van der Waals surface area contributed by atoms with E-state index in [0.717, 1.165) is 11.1 Å². The van der Waals surface area contributed by atoms with Crippen LogP contribution in [0, 0.1) is 0 Å². The maximum atomic E-state index is 12.0. The summed E-state index contributed by atoms with van der Waals surface area (Å²) in [6, 6.07) is 15.1. The zero-order valence-corrected chi connectivity index (χ0v) is 12.8. The van der Waals surface area contributed by atoms with Gasteiger partial charge in [-0.1, -0.05) is 55.1 Å². The third kappa shape index (κ3) is 4.30. The molecule has 5 heteroatoms. The Labute approximate surface area is 130 Å². The summed E-state index contributed by atoms with van der Waals surface area (Å²) in [5, 5.41) is 0. The highest BCUT2D eigenvalue weighted by Gasteiger charge is 2.20. The van der Waals surface area contributed by atoms with E-state index in [4.69, 9.17) is 4.74 Å². The molecule has 0 aliphatic carbocycles. The fourth-order valence-corrected chi connectivity index (χ4v) is 2.95. The minimum atomic E-state index is -3.66. The molecule has 2 aromatic rings. The van der Waals surface area contributed by atoms with E-state index in [-0.39, 0.29) is 11.5 Å². The third-order valence-electron chi connectivity index (χ3n) is 3.03. The number of sulfone groups is 1. The van der Waals surface area contributed by atoms with Gasteiger partial charge in [-0.15, -0.1) is 0 Å². The van der Waals surface area contributed by atoms with Crippen LogP contribution in [0.1, 0.15) is 11.1 Å². The van der Waals surface area contributed by atoms with Gasteiger partial charge in [0.2, 0.25) is 0 Å². The van der Waals surface area contributed by atoms with Crippen molar-refractivity contribution in [2.45, 2.75) is 11.5 Å². The van der Waals surface area contributed by atoms with Crippen LogP contribution in [-0.4, -0.2) is 20.1 Å². The monoisotopic (exact) mass is 316 g/mol. The maximum Gasteiger partial charge on any atom is 0.321 e. The summed E-state index contributed by atoms with van der Waals surface area (Å²) in [7, 11) is -3.66. The molecule has 0 saturated carbocycles. The highest BCUT2D eigenvalue weighted by Crippen LogP contribution is 2.11. The molecule has 0 aromatic heterocycles.